The molecule has 0 aromatic heterocycles. The van der Waals surface area contributed by atoms with Crippen molar-refractivity contribution in [2.24, 2.45) is 40.2 Å². The summed E-state index contributed by atoms with van der Waals surface area (Å²) in [6, 6.07) is 0. The van der Waals surface area contributed by atoms with Crippen LogP contribution in [0, 0.1) is 34.5 Å². The number of aliphatic hydroxyl groups is 1. The van der Waals surface area contributed by atoms with Crippen LogP contribution < -0.4 is 5.73 Å². The van der Waals surface area contributed by atoms with Crippen molar-refractivity contribution < 1.29 is 19.4 Å². The topological polar surface area (TPSA) is 89.6 Å². The molecule has 34 heavy (non-hydrogen) atoms. The van der Waals surface area contributed by atoms with Gasteiger partial charge in [-0.2, -0.15) is 0 Å². The Morgan fingerprint density at radius 2 is 1.71 bits per heavy atom. The SMILES string of the molecule is C[C@]12CCC(=O)C[C@@H]1CC[C@@H]1[C@@H]2[C@@H](OCCCCCCCCCC(N)=O)C[C@]2(C)[C@@H](O)CC[C@@H]12. The maximum absolute atomic E-state index is 12.3. The van der Waals surface area contributed by atoms with Crippen LogP contribution in [0.4, 0.5) is 0 Å². The van der Waals surface area contributed by atoms with Crippen LogP contribution >= 0.6 is 0 Å². The van der Waals surface area contributed by atoms with Gasteiger partial charge in [0.1, 0.15) is 5.78 Å². The van der Waals surface area contributed by atoms with Gasteiger partial charge in [-0.05, 0) is 85.9 Å². The molecule has 5 nitrogen and oxygen atoms in total. The third-order valence-electron chi connectivity index (χ3n) is 10.7. The lowest BCUT2D eigenvalue weighted by molar-refractivity contribution is -0.192. The second-order valence-corrected chi connectivity index (χ2v) is 12.7. The summed E-state index contributed by atoms with van der Waals surface area (Å²) < 4.78 is 6.74. The summed E-state index contributed by atoms with van der Waals surface area (Å²) in [4.78, 5) is 23.1. The summed E-state index contributed by atoms with van der Waals surface area (Å²) in [7, 11) is 0. The van der Waals surface area contributed by atoms with Crippen molar-refractivity contribution in [2.45, 2.75) is 129 Å². The minimum absolute atomic E-state index is 0.00950. The number of unbranched alkanes of at least 4 members (excludes halogenated alkanes) is 6. The molecule has 5 heteroatoms. The lowest BCUT2D eigenvalue weighted by Gasteiger charge is -2.62. The van der Waals surface area contributed by atoms with Crippen LogP contribution in [-0.4, -0.2) is 35.6 Å². The molecule has 1 amide bonds. The van der Waals surface area contributed by atoms with E-state index in [-0.39, 0.29) is 28.9 Å². The first kappa shape index (κ1) is 26.1. The number of amides is 1. The summed E-state index contributed by atoms with van der Waals surface area (Å²) >= 11 is 0. The number of nitrogens with two attached hydrogens (primary N) is 1. The molecule has 4 aliphatic rings. The quantitative estimate of drug-likeness (QED) is 0.383. The third kappa shape index (κ3) is 5.26. The first-order chi connectivity index (χ1) is 16.3. The summed E-state index contributed by atoms with van der Waals surface area (Å²) in [5.74, 6) is 2.57. The highest BCUT2D eigenvalue weighted by atomic mass is 16.5. The molecule has 8 atom stereocenters. The number of carbonyl (C=O) groups excluding carboxylic acids is 2. The zero-order valence-electron chi connectivity index (χ0n) is 21.7. The van der Waals surface area contributed by atoms with Gasteiger partial charge in [-0.1, -0.05) is 46.0 Å². The smallest absolute Gasteiger partial charge is 0.217 e. The minimum atomic E-state index is -0.197. The van der Waals surface area contributed by atoms with E-state index in [1.165, 1.54) is 38.5 Å². The second kappa shape index (κ2) is 11.0. The normalized spacial score (nSPS) is 41.6. The van der Waals surface area contributed by atoms with Crippen LogP contribution in [-0.2, 0) is 14.3 Å². The number of hydrogen-bond donors (Lipinski definition) is 2. The Labute approximate surface area is 207 Å². The lowest BCUT2D eigenvalue weighted by Crippen LogP contribution is -2.60. The molecular weight excluding hydrogens is 426 g/mol. The molecule has 0 heterocycles. The molecule has 4 saturated carbocycles. The van der Waals surface area contributed by atoms with E-state index in [0.29, 0.717) is 35.9 Å². The molecular formula is C29H49NO4. The monoisotopic (exact) mass is 475 g/mol. The van der Waals surface area contributed by atoms with Crippen LogP contribution in [0.15, 0.2) is 0 Å². The highest BCUT2D eigenvalue weighted by Gasteiger charge is 2.63. The molecule has 0 spiro atoms. The van der Waals surface area contributed by atoms with Crippen molar-refractivity contribution in [1.82, 2.24) is 0 Å². The second-order valence-electron chi connectivity index (χ2n) is 12.7. The van der Waals surface area contributed by atoms with Crippen LogP contribution in [0.2, 0.25) is 0 Å². The molecule has 4 aliphatic carbocycles. The number of aliphatic hydroxyl groups excluding tert-OH is 1. The van der Waals surface area contributed by atoms with Crippen molar-refractivity contribution in [3.63, 3.8) is 0 Å². The lowest BCUT2D eigenvalue weighted by atomic mass is 9.44. The Bertz CT molecular complexity index is 725. The van der Waals surface area contributed by atoms with Gasteiger partial charge in [0, 0.05) is 25.9 Å². The zero-order valence-corrected chi connectivity index (χ0v) is 21.7. The zero-order chi connectivity index (χ0) is 24.3. The Kier molecular flexibility index (Phi) is 8.44. The molecule has 0 saturated heterocycles. The molecule has 3 N–H and O–H groups in total. The van der Waals surface area contributed by atoms with E-state index in [2.05, 4.69) is 13.8 Å². The summed E-state index contributed by atoms with van der Waals surface area (Å²) in [5, 5.41) is 11.0. The third-order valence-corrected chi connectivity index (χ3v) is 10.7. The van der Waals surface area contributed by atoms with E-state index in [1.54, 1.807) is 0 Å². The molecule has 0 bridgehead atoms. The fraction of sp³-hybridized carbons (Fsp3) is 0.931. The number of Topliss-reactive ketones (excluding diaryl/α,β-unsaturated/α-hetero) is 1. The molecule has 0 aromatic carbocycles. The maximum Gasteiger partial charge on any atom is 0.217 e. The van der Waals surface area contributed by atoms with E-state index in [0.717, 1.165) is 64.4 Å². The van der Waals surface area contributed by atoms with E-state index >= 15 is 0 Å². The molecule has 0 aliphatic heterocycles. The maximum atomic E-state index is 12.3. The number of fused-ring (bicyclic) bond motifs is 5. The van der Waals surface area contributed by atoms with Crippen molar-refractivity contribution in [3.05, 3.63) is 0 Å². The van der Waals surface area contributed by atoms with Crippen LogP contribution in [0.25, 0.3) is 0 Å². The number of ketones is 1. The van der Waals surface area contributed by atoms with E-state index in [1.807, 2.05) is 0 Å². The van der Waals surface area contributed by atoms with Crippen molar-refractivity contribution >= 4 is 11.7 Å². The molecule has 0 aromatic rings. The fourth-order valence-electron chi connectivity index (χ4n) is 8.79. The van der Waals surface area contributed by atoms with E-state index < -0.39 is 0 Å². The van der Waals surface area contributed by atoms with Gasteiger partial charge in [0.2, 0.25) is 5.91 Å². The number of primary amides is 1. The highest BCUT2D eigenvalue weighted by molar-refractivity contribution is 5.79. The predicted octanol–water partition coefficient (Wildman–Crippen LogP) is 5.56. The number of ether oxygens (including phenoxy) is 1. The van der Waals surface area contributed by atoms with Gasteiger partial charge in [-0.15, -0.1) is 0 Å². The largest absolute Gasteiger partial charge is 0.393 e. The van der Waals surface area contributed by atoms with Gasteiger partial charge in [-0.3, -0.25) is 9.59 Å². The fourth-order valence-corrected chi connectivity index (χ4v) is 8.79. The summed E-state index contributed by atoms with van der Waals surface area (Å²) in [5.41, 5.74) is 5.40. The van der Waals surface area contributed by atoms with Gasteiger partial charge in [0.15, 0.2) is 0 Å². The molecule has 194 valence electrons. The Morgan fingerprint density at radius 3 is 2.44 bits per heavy atom. The van der Waals surface area contributed by atoms with E-state index in [9.17, 15) is 14.7 Å². The molecule has 0 radical (unpaired) electrons. The predicted molar refractivity (Wildman–Crippen MR) is 134 cm³/mol. The molecule has 4 rings (SSSR count). The van der Waals surface area contributed by atoms with Gasteiger partial charge < -0.3 is 15.6 Å². The highest BCUT2D eigenvalue weighted by Crippen LogP contribution is 2.66. The van der Waals surface area contributed by atoms with Crippen LogP contribution in [0.3, 0.4) is 0 Å². The summed E-state index contributed by atoms with van der Waals surface area (Å²) in [6.07, 6.45) is 16.4. The molecule has 0 unspecified atom stereocenters. The average molecular weight is 476 g/mol. The standard InChI is InChI=1S/C29H49NO4/c1-28-16-15-21(31)18-20(28)11-12-22-23-13-14-25(32)29(23,2)19-24(27(22)28)34-17-9-7-5-3-4-6-8-10-26(30)33/h20,22-25,27,32H,3-19H2,1-2H3,(H2,30,33)/t20-,22-,23-,24-,25-,27+,28-,29-/m0/s1. The number of hydrogen-bond acceptors (Lipinski definition) is 4. The van der Waals surface area contributed by atoms with E-state index in [4.69, 9.17) is 10.5 Å². The van der Waals surface area contributed by atoms with Crippen LogP contribution in [0.5, 0.6) is 0 Å². The minimum Gasteiger partial charge on any atom is -0.393 e. The van der Waals surface area contributed by atoms with Crippen molar-refractivity contribution in [3.8, 4) is 0 Å². The first-order valence-electron chi connectivity index (χ1n) is 14.4. The van der Waals surface area contributed by atoms with Crippen LogP contribution in [0.1, 0.15) is 117 Å². The Hall–Kier alpha value is -0.940. The van der Waals surface area contributed by atoms with Gasteiger partial charge in [0.25, 0.3) is 0 Å². The van der Waals surface area contributed by atoms with Gasteiger partial charge in [0.05, 0.1) is 12.2 Å². The Morgan fingerprint density at radius 1 is 1.00 bits per heavy atom. The first-order valence-corrected chi connectivity index (χ1v) is 14.4. The van der Waals surface area contributed by atoms with Gasteiger partial charge in [-0.25, -0.2) is 0 Å². The van der Waals surface area contributed by atoms with Gasteiger partial charge >= 0.3 is 0 Å². The average Bonchev–Trinajstić information content (AvgIpc) is 3.09. The Balaban J connectivity index is 1.32. The number of carbonyl (C=O) groups is 2. The number of rotatable bonds is 11. The summed E-state index contributed by atoms with van der Waals surface area (Å²) in [6.45, 7) is 5.62. The molecule has 4 fully saturated rings. The van der Waals surface area contributed by atoms with Crippen molar-refractivity contribution in [2.75, 3.05) is 6.61 Å². The van der Waals surface area contributed by atoms with Crippen molar-refractivity contribution in [1.29, 1.82) is 0 Å².